The topological polar surface area (TPSA) is 55.4 Å². The highest BCUT2D eigenvalue weighted by molar-refractivity contribution is 5.94. The van der Waals surface area contributed by atoms with E-state index in [9.17, 15) is 0 Å². The number of piperazine rings is 1. The van der Waals surface area contributed by atoms with Crippen LogP contribution < -0.4 is 10.7 Å². The predicted molar refractivity (Wildman–Crippen MR) is 86.7 cm³/mol. The van der Waals surface area contributed by atoms with E-state index in [0.717, 1.165) is 32.0 Å². The molecule has 3 aliphatic heterocycles. The fourth-order valence-corrected chi connectivity index (χ4v) is 3.08. The fourth-order valence-electron chi connectivity index (χ4n) is 3.08. The summed E-state index contributed by atoms with van der Waals surface area (Å²) >= 11 is 0. The van der Waals surface area contributed by atoms with Crippen molar-refractivity contribution in [3.63, 3.8) is 0 Å². The Morgan fingerprint density at radius 3 is 2.95 bits per heavy atom. The molecule has 1 unspecified atom stereocenters. The van der Waals surface area contributed by atoms with Crippen molar-refractivity contribution in [3.05, 3.63) is 24.4 Å². The molecule has 7 nitrogen and oxygen atoms in total. The Kier molecular flexibility index (Phi) is 4.49. The molecule has 0 amide bonds. The van der Waals surface area contributed by atoms with Gasteiger partial charge in [0.2, 0.25) is 5.85 Å². The van der Waals surface area contributed by atoms with Crippen molar-refractivity contribution in [2.75, 3.05) is 39.8 Å². The van der Waals surface area contributed by atoms with Crippen molar-refractivity contribution >= 4 is 5.84 Å². The highest BCUT2D eigenvalue weighted by Crippen LogP contribution is 2.22. The highest BCUT2D eigenvalue weighted by Gasteiger charge is 2.39. The van der Waals surface area contributed by atoms with Gasteiger partial charge in [-0.25, -0.2) is 5.01 Å². The van der Waals surface area contributed by atoms with E-state index in [0.29, 0.717) is 12.6 Å². The predicted octanol–water partition coefficient (Wildman–Crippen LogP) is 0.119. The summed E-state index contributed by atoms with van der Waals surface area (Å²) in [5, 5.41) is 12.2. The number of nitrogens with zero attached hydrogens (tertiary/aromatic N) is 4. The molecule has 2 N–H and O–H groups in total. The number of ether oxygens (including phenoxy) is 1. The second kappa shape index (κ2) is 6.37. The summed E-state index contributed by atoms with van der Waals surface area (Å²) in [7, 11) is 2.04. The van der Waals surface area contributed by atoms with Crippen LogP contribution in [0.1, 0.15) is 13.8 Å². The minimum Gasteiger partial charge on any atom is -0.338 e. The van der Waals surface area contributed by atoms with E-state index in [1.54, 1.807) is 0 Å². The van der Waals surface area contributed by atoms with Gasteiger partial charge in [0.05, 0.1) is 0 Å². The van der Waals surface area contributed by atoms with Crippen LogP contribution in [0.2, 0.25) is 0 Å². The molecule has 0 aromatic heterocycles. The normalized spacial score (nSPS) is 33.1. The lowest BCUT2D eigenvalue weighted by molar-refractivity contribution is -0.149. The van der Waals surface area contributed by atoms with E-state index in [-0.39, 0.29) is 0 Å². The number of rotatable bonds is 3. The summed E-state index contributed by atoms with van der Waals surface area (Å²) in [5.74, 6) is 0.228. The molecular weight excluding hydrogens is 280 g/mol. The maximum atomic E-state index is 6.04. The van der Waals surface area contributed by atoms with Gasteiger partial charge in [-0.1, -0.05) is 6.08 Å². The van der Waals surface area contributed by atoms with Crippen molar-refractivity contribution in [1.29, 1.82) is 0 Å². The van der Waals surface area contributed by atoms with E-state index in [2.05, 4.69) is 44.8 Å². The van der Waals surface area contributed by atoms with Gasteiger partial charge in [-0.05, 0) is 26.0 Å². The third-order valence-electron chi connectivity index (χ3n) is 4.21. The lowest BCUT2D eigenvalue weighted by Gasteiger charge is -2.45. The number of hydrazone groups is 1. The lowest BCUT2D eigenvalue weighted by atomic mass is 10.2. The Labute approximate surface area is 132 Å². The Morgan fingerprint density at radius 2 is 2.36 bits per heavy atom. The zero-order valence-electron chi connectivity index (χ0n) is 13.6. The van der Waals surface area contributed by atoms with Crippen LogP contribution in [-0.2, 0) is 4.74 Å². The largest absolute Gasteiger partial charge is 0.338 e. The van der Waals surface area contributed by atoms with Gasteiger partial charge in [0, 0.05) is 52.1 Å². The molecule has 1 fully saturated rings. The molecule has 3 aliphatic rings. The first-order valence-corrected chi connectivity index (χ1v) is 7.98. The first-order valence-electron chi connectivity index (χ1n) is 7.98. The van der Waals surface area contributed by atoms with Gasteiger partial charge < -0.3 is 10.1 Å². The molecule has 3 rings (SSSR count). The van der Waals surface area contributed by atoms with Crippen LogP contribution in [0.3, 0.4) is 0 Å². The van der Waals surface area contributed by atoms with Crippen molar-refractivity contribution in [1.82, 2.24) is 25.7 Å². The van der Waals surface area contributed by atoms with Crippen LogP contribution in [-0.4, -0.2) is 72.5 Å². The number of amidine groups is 1. The summed E-state index contributed by atoms with van der Waals surface area (Å²) in [5.41, 5.74) is 3.25. The van der Waals surface area contributed by atoms with Gasteiger partial charge in [0.25, 0.3) is 0 Å². The van der Waals surface area contributed by atoms with E-state index in [1.807, 2.05) is 31.3 Å². The van der Waals surface area contributed by atoms with Gasteiger partial charge >= 0.3 is 0 Å². The number of hydrogen-bond donors (Lipinski definition) is 2. The van der Waals surface area contributed by atoms with Crippen LogP contribution >= 0.6 is 0 Å². The number of hydrazine groups is 1. The smallest absolute Gasteiger partial charge is 0.234 e. The summed E-state index contributed by atoms with van der Waals surface area (Å²) < 4.78 is 6.04. The monoisotopic (exact) mass is 306 g/mol. The first-order chi connectivity index (χ1) is 10.6. The van der Waals surface area contributed by atoms with Gasteiger partial charge in [-0.3, -0.25) is 15.3 Å². The van der Waals surface area contributed by atoms with Crippen molar-refractivity contribution in [2.45, 2.75) is 25.7 Å². The zero-order valence-corrected chi connectivity index (χ0v) is 13.6. The Hall–Kier alpha value is -1.41. The molecule has 0 spiro atoms. The molecule has 0 aliphatic carbocycles. The van der Waals surface area contributed by atoms with Crippen LogP contribution in [0.15, 0.2) is 29.5 Å². The van der Waals surface area contributed by atoms with Crippen molar-refractivity contribution < 1.29 is 4.74 Å². The summed E-state index contributed by atoms with van der Waals surface area (Å²) in [6, 6.07) is 0.444. The minimum absolute atomic E-state index is 0.444. The third kappa shape index (κ3) is 2.89. The van der Waals surface area contributed by atoms with Gasteiger partial charge in [0.15, 0.2) is 5.84 Å². The van der Waals surface area contributed by atoms with Crippen LogP contribution in [0.5, 0.6) is 0 Å². The van der Waals surface area contributed by atoms with Gasteiger partial charge in [-0.15, -0.1) is 0 Å². The number of nitrogens with one attached hydrogen (secondary N) is 2. The fraction of sp³-hybridized carbons (Fsp3) is 0.667. The number of likely N-dealkylation sites (N-methyl/N-ethyl adjacent to an activating group) is 1. The molecule has 22 heavy (non-hydrogen) atoms. The highest BCUT2D eigenvalue weighted by atomic mass is 16.5. The van der Waals surface area contributed by atoms with E-state index >= 15 is 0 Å². The van der Waals surface area contributed by atoms with Crippen molar-refractivity contribution in [3.8, 4) is 0 Å². The maximum absolute atomic E-state index is 6.04. The minimum atomic E-state index is -0.642. The average molecular weight is 306 g/mol. The molecule has 0 radical (unpaired) electrons. The van der Waals surface area contributed by atoms with E-state index < -0.39 is 5.85 Å². The Balaban J connectivity index is 1.75. The quantitative estimate of drug-likeness (QED) is 0.772. The van der Waals surface area contributed by atoms with Gasteiger partial charge in [-0.2, -0.15) is 5.10 Å². The molecule has 1 saturated heterocycles. The third-order valence-corrected chi connectivity index (χ3v) is 4.21. The molecule has 7 heteroatoms. The zero-order chi connectivity index (χ0) is 15.6. The molecule has 0 aromatic carbocycles. The number of hydrogen-bond acceptors (Lipinski definition) is 7. The molecule has 2 atom stereocenters. The summed E-state index contributed by atoms with van der Waals surface area (Å²) in [6.45, 7) is 8.54. The Bertz CT molecular complexity index is 490. The molecular formula is C15H26N6O. The van der Waals surface area contributed by atoms with E-state index in [1.165, 1.54) is 0 Å². The SMILES string of the molecule is CCO[C@]1(N2CCNC(C)C2)C=CC(N2C=CCN2C)=NN1. The first kappa shape index (κ1) is 15.5. The molecule has 122 valence electrons. The standard InChI is InChI=1S/C15H26N6O/c1-4-22-15(20-11-8-16-13(2)12-20)7-6-14(17-18-15)21-10-5-9-19(21)3/h5-7,10,13,16,18H,4,8-9,11-12H2,1-3H3/t13?,15-/m1/s1. The summed E-state index contributed by atoms with van der Waals surface area (Å²) in [4.78, 5) is 2.30. The lowest BCUT2D eigenvalue weighted by Crippen LogP contribution is -2.65. The van der Waals surface area contributed by atoms with Crippen LogP contribution in [0.25, 0.3) is 0 Å². The average Bonchev–Trinajstić information content (AvgIpc) is 2.94. The molecule has 0 saturated carbocycles. The Morgan fingerprint density at radius 1 is 1.50 bits per heavy atom. The summed E-state index contributed by atoms with van der Waals surface area (Å²) in [6.07, 6.45) is 8.26. The maximum Gasteiger partial charge on any atom is 0.234 e. The van der Waals surface area contributed by atoms with Gasteiger partial charge in [0.1, 0.15) is 0 Å². The van der Waals surface area contributed by atoms with Crippen LogP contribution in [0, 0.1) is 0 Å². The van der Waals surface area contributed by atoms with E-state index in [4.69, 9.17) is 4.74 Å². The second-order valence-corrected chi connectivity index (χ2v) is 5.92. The molecule has 0 bridgehead atoms. The van der Waals surface area contributed by atoms with Crippen LogP contribution in [0.4, 0.5) is 0 Å². The second-order valence-electron chi connectivity index (χ2n) is 5.92. The molecule has 0 aromatic rings. The van der Waals surface area contributed by atoms with Crippen molar-refractivity contribution in [2.24, 2.45) is 5.10 Å². The molecule has 3 heterocycles.